The molecule has 0 aromatic carbocycles. The molecule has 1 rings (SSSR count). The molecule has 1 N–H and O–H groups in total. The standard InChI is InChI=1S/C9H10F2O2/c1-2-9(11)6(8(12)13)4-3-5-7(9)10/h3-6H,2H2,1H3,(H,12,13). The third-order valence-electron chi connectivity index (χ3n) is 2.22. The smallest absolute Gasteiger partial charge is 0.314 e. The van der Waals surface area contributed by atoms with Crippen LogP contribution >= 0.6 is 0 Å². The molecule has 0 amide bonds. The quantitative estimate of drug-likeness (QED) is 0.721. The molecular weight excluding hydrogens is 178 g/mol. The van der Waals surface area contributed by atoms with Crippen molar-refractivity contribution in [3.05, 3.63) is 24.1 Å². The Morgan fingerprint density at radius 3 is 2.77 bits per heavy atom. The van der Waals surface area contributed by atoms with Crippen molar-refractivity contribution in [1.82, 2.24) is 0 Å². The van der Waals surface area contributed by atoms with Crippen LogP contribution in [0.4, 0.5) is 8.78 Å². The fraction of sp³-hybridized carbons (Fsp3) is 0.444. The topological polar surface area (TPSA) is 37.3 Å². The van der Waals surface area contributed by atoms with Crippen molar-refractivity contribution >= 4 is 5.97 Å². The molecule has 0 spiro atoms. The van der Waals surface area contributed by atoms with Gasteiger partial charge in [0.1, 0.15) is 11.7 Å². The summed E-state index contributed by atoms with van der Waals surface area (Å²) in [5.74, 6) is -3.77. The highest BCUT2D eigenvalue weighted by Crippen LogP contribution is 2.38. The van der Waals surface area contributed by atoms with Gasteiger partial charge < -0.3 is 5.11 Å². The van der Waals surface area contributed by atoms with Crippen LogP contribution in [-0.4, -0.2) is 16.7 Å². The molecule has 0 heterocycles. The highest BCUT2D eigenvalue weighted by atomic mass is 19.2. The van der Waals surface area contributed by atoms with Crippen LogP contribution in [0.5, 0.6) is 0 Å². The van der Waals surface area contributed by atoms with Crippen molar-refractivity contribution < 1.29 is 18.7 Å². The van der Waals surface area contributed by atoms with Crippen LogP contribution in [0.25, 0.3) is 0 Å². The summed E-state index contributed by atoms with van der Waals surface area (Å²) in [6, 6.07) is 0. The molecule has 0 saturated carbocycles. The van der Waals surface area contributed by atoms with Gasteiger partial charge in [-0.15, -0.1) is 0 Å². The van der Waals surface area contributed by atoms with Crippen LogP contribution in [0.15, 0.2) is 24.1 Å². The van der Waals surface area contributed by atoms with E-state index in [1.807, 2.05) is 0 Å². The molecule has 0 aromatic rings. The molecule has 4 heteroatoms. The van der Waals surface area contributed by atoms with E-state index in [9.17, 15) is 13.6 Å². The number of alkyl halides is 1. The monoisotopic (exact) mass is 188 g/mol. The first kappa shape index (κ1) is 9.89. The maximum absolute atomic E-state index is 13.7. The molecule has 0 radical (unpaired) electrons. The van der Waals surface area contributed by atoms with Crippen LogP contribution in [-0.2, 0) is 4.79 Å². The molecule has 72 valence electrons. The minimum absolute atomic E-state index is 0.184. The fourth-order valence-electron chi connectivity index (χ4n) is 1.36. The van der Waals surface area contributed by atoms with E-state index in [0.29, 0.717) is 0 Å². The summed E-state index contributed by atoms with van der Waals surface area (Å²) in [6.45, 7) is 1.42. The van der Waals surface area contributed by atoms with Crippen molar-refractivity contribution in [2.45, 2.75) is 19.0 Å². The van der Waals surface area contributed by atoms with Crippen molar-refractivity contribution in [3.63, 3.8) is 0 Å². The zero-order valence-electron chi connectivity index (χ0n) is 7.13. The maximum atomic E-state index is 13.7. The second-order valence-corrected chi connectivity index (χ2v) is 2.93. The van der Waals surface area contributed by atoms with Gasteiger partial charge in [0.05, 0.1) is 0 Å². The fourth-order valence-corrected chi connectivity index (χ4v) is 1.36. The van der Waals surface area contributed by atoms with E-state index in [2.05, 4.69) is 0 Å². The Labute approximate surface area is 74.6 Å². The van der Waals surface area contributed by atoms with E-state index >= 15 is 0 Å². The molecule has 0 saturated heterocycles. The van der Waals surface area contributed by atoms with Gasteiger partial charge in [-0.25, -0.2) is 8.78 Å². The van der Waals surface area contributed by atoms with Gasteiger partial charge in [0.2, 0.25) is 0 Å². The van der Waals surface area contributed by atoms with Gasteiger partial charge in [0.15, 0.2) is 5.67 Å². The van der Waals surface area contributed by atoms with Crippen LogP contribution in [0, 0.1) is 5.92 Å². The molecule has 1 aliphatic carbocycles. The molecule has 2 unspecified atom stereocenters. The molecule has 2 nitrogen and oxygen atoms in total. The number of aliphatic carboxylic acids is 1. The van der Waals surface area contributed by atoms with Gasteiger partial charge in [-0.3, -0.25) is 4.79 Å². The second kappa shape index (κ2) is 3.28. The van der Waals surface area contributed by atoms with E-state index in [1.165, 1.54) is 13.0 Å². The van der Waals surface area contributed by atoms with E-state index in [-0.39, 0.29) is 6.42 Å². The average Bonchev–Trinajstić information content (AvgIpc) is 2.09. The summed E-state index contributed by atoms with van der Waals surface area (Å²) in [5.41, 5.74) is -2.37. The van der Waals surface area contributed by atoms with Crippen molar-refractivity contribution in [3.8, 4) is 0 Å². The lowest BCUT2D eigenvalue weighted by molar-refractivity contribution is -0.144. The van der Waals surface area contributed by atoms with E-state index in [0.717, 1.165) is 12.2 Å². The average molecular weight is 188 g/mol. The third kappa shape index (κ3) is 1.48. The highest BCUT2D eigenvalue weighted by molar-refractivity contribution is 5.75. The number of allylic oxidation sites excluding steroid dienone is 3. The van der Waals surface area contributed by atoms with Crippen LogP contribution in [0.1, 0.15) is 13.3 Å². The first-order valence-electron chi connectivity index (χ1n) is 3.98. The number of hydrogen-bond donors (Lipinski definition) is 1. The summed E-state index contributed by atoms with van der Waals surface area (Å²) in [7, 11) is 0. The zero-order valence-corrected chi connectivity index (χ0v) is 7.13. The maximum Gasteiger partial charge on any atom is 0.314 e. The van der Waals surface area contributed by atoms with Gasteiger partial charge in [-0.2, -0.15) is 0 Å². The molecule has 1 aliphatic rings. The Balaban J connectivity index is 3.06. The largest absolute Gasteiger partial charge is 0.481 e. The lowest BCUT2D eigenvalue weighted by atomic mass is 9.82. The lowest BCUT2D eigenvalue weighted by Crippen LogP contribution is -2.38. The normalized spacial score (nSPS) is 32.8. The van der Waals surface area contributed by atoms with Gasteiger partial charge >= 0.3 is 5.97 Å². The number of carbonyl (C=O) groups is 1. The number of hydrogen-bond acceptors (Lipinski definition) is 1. The SMILES string of the molecule is CCC1(F)C(F)=CC=CC1C(=O)O. The van der Waals surface area contributed by atoms with Gasteiger partial charge in [0.25, 0.3) is 0 Å². The molecule has 2 atom stereocenters. The van der Waals surface area contributed by atoms with Gasteiger partial charge in [-0.1, -0.05) is 19.1 Å². The van der Waals surface area contributed by atoms with E-state index < -0.39 is 23.4 Å². The molecule has 0 aromatic heterocycles. The number of halogens is 2. The minimum Gasteiger partial charge on any atom is -0.481 e. The van der Waals surface area contributed by atoms with Crippen LogP contribution in [0.3, 0.4) is 0 Å². The van der Waals surface area contributed by atoms with Gasteiger partial charge in [-0.05, 0) is 12.5 Å². The van der Waals surface area contributed by atoms with Crippen LogP contribution < -0.4 is 0 Å². The van der Waals surface area contributed by atoms with Crippen molar-refractivity contribution in [1.29, 1.82) is 0 Å². The Bertz CT molecular complexity index is 283. The molecule has 0 aliphatic heterocycles. The summed E-state index contributed by atoms with van der Waals surface area (Å²) >= 11 is 0. The van der Waals surface area contributed by atoms with Gasteiger partial charge in [0, 0.05) is 0 Å². The summed E-state index contributed by atoms with van der Waals surface area (Å²) in [4.78, 5) is 10.6. The second-order valence-electron chi connectivity index (χ2n) is 2.93. The van der Waals surface area contributed by atoms with Crippen molar-refractivity contribution in [2.24, 2.45) is 5.92 Å². The predicted octanol–water partition coefficient (Wildman–Crippen LogP) is 2.23. The summed E-state index contributed by atoms with van der Waals surface area (Å²) < 4.78 is 26.7. The zero-order chi connectivity index (χ0) is 10.1. The van der Waals surface area contributed by atoms with Crippen molar-refractivity contribution in [2.75, 3.05) is 0 Å². The molecule has 0 bridgehead atoms. The Morgan fingerprint density at radius 2 is 2.38 bits per heavy atom. The highest BCUT2D eigenvalue weighted by Gasteiger charge is 2.46. The Hall–Kier alpha value is -1.19. The first-order chi connectivity index (χ1) is 6.02. The first-order valence-corrected chi connectivity index (χ1v) is 3.98. The molecular formula is C9H10F2O2. The molecule has 0 fully saturated rings. The third-order valence-corrected chi connectivity index (χ3v) is 2.22. The Morgan fingerprint density at radius 1 is 1.77 bits per heavy atom. The van der Waals surface area contributed by atoms with Crippen LogP contribution in [0.2, 0.25) is 0 Å². The number of carboxylic acids is 1. The predicted molar refractivity (Wildman–Crippen MR) is 43.6 cm³/mol. The number of rotatable bonds is 2. The molecule has 13 heavy (non-hydrogen) atoms. The number of carboxylic acid groups (broad SMARTS) is 1. The summed E-state index contributed by atoms with van der Waals surface area (Å²) in [5, 5.41) is 8.64. The summed E-state index contributed by atoms with van der Waals surface area (Å²) in [6.07, 6.45) is 3.16. The van der Waals surface area contributed by atoms with E-state index in [4.69, 9.17) is 5.11 Å². The minimum atomic E-state index is -2.37. The van der Waals surface area contributed by atoms with E-state index in [1.54, 1.807) is 0 Å². The Kier molecular flexibility index (Phi) is 2.50. The lowest BCUT2D eigenvalue weighted by Gasteiger charge is -2.28.